The molecule has 0 bridgehead atoms. The fourth-order valence-corrected chi connectivity index (χ4v) is 1.43. The molecule has 0 unspecified atom stereocenters. The Hall–Kier alpha value is -0.680. The highest BCUT2D eigenvalue weighted by Gasteiger charge is 2.21. The topological polar surface area (TPSA) is 52.5 Å². The molecule has 90 valence electrons. The van der Waals surface area contributed by atoms with Gasteiger partial charge in [0.05, 0.1) is 18.8 Å². The Labute approximate surface area is 98.9 Å². The molecular formula is C11H15ClFNO2. The van der Waals surface area contributed by atoms with E-state index in [1.165, 1.54) is 12.1 Å². The van der Waals surface area contributed by atoms with Gasteiger partial charge in [-0.2, -0.15) is 0 Å². The number of hydrogen-bond donors (Lipinski definition) is 3. The zero-order valence-corrected chi connectivity index (χ0v) is 9.76. The van der Waals surface area contributed by atoms with Gasteiger partial charge in [-0.05, 0) is 30.7 Å². The van der Waals surface area contributed by atoms with Gasteiger partial charge in [-0.3, -0.25) is 0 Å². The van der Waals surface area contributed by atoms with E-state index in [0.717, 1.165) is 0 Å². The van der Waals surface area contributed by atoms with Crippen molar-refractivity contribution in [3.8, 4) is 0 Å². The number of hydrogen-bond acceptors (Lipinski definition) is 3. The van der Waals surface area contributed by atoms with Crippen molar-refractivity contribution in [3.05, 3.63) is 34.6 Å². The molecule has 1 aromatic carbocycles. The SMILES string of the molecule is CC(CO)(CO)NCc1cc(F)cc(Cl)c1. The van der Waals surface area contributed by atoms with Gasteiger partial charge < -0.3 is 15.5 Å². The Balaban J connectivity index is 2.67. The van der Waals surface area contributed by atoms with Crippen molar-refractivity contribution in [2.75, 3.05) is 13.2 Å². The lowest BCUT2D eigenvalue weighted by atomic mass is 10.0. The molecule has 0 heterocycles. The van der Waals surface area contributed by atoms with Gasteiger partial charge in [0.2, 0.25) is 0 Å². The quantitative estimate of drug-likeness (QED) is 0.736. The second kappa shape index (κ2) is 5.59. The van der Waals surface area contributed by atoms with Crippen LogP contribution in [0.25, 0.3) is 0 Å². The third-order valence-electron chi connectivity index (χ3n) is 2.34. The summed E-state index contributed by atoms with van der Waals surface area (Å²) in [7, 11) is 0. The van der Waals surface area contributed by atoms with E-state index in [0.29, 0.717) is 17.1 Å². The van der Waals surface area contributed by atoms with Crippen LogP contribution in [0.4, 0.5) is 4.39 Å². The molecule has 0 amide bonds. The fraction of sp³-hybridized carbons (Fsp3) is 0.455. The molecule has 0 saturated carbocycles. The van der Waals surface area contributed by atoms with Crippen LogP contribution < -0.4 is 5.32 Å². The molecule has 0 aliphatic carbocycles. The molecule has 0 aliphatic rings. The third kappa shape index (κ3) is 3.72. The summed E-state index contributed by atoms with van der Waals surface area (Å²) in [5, 5.41) is 21.4. The predicted octanol–water partition coefficient (Wildman–Crippen LogP) is 1.31. The maximum Gasteiger partial charge on any atom is 0.125 e. The molecule has 1 rings (SSSR count). The molecule has 0 spiro atoms. The van der Waals surface area contributed by atoms with Gasteiger partial charge in [-0.15, -0.1) is 0 Å². The van der Waals surface area contributed by atoms with E-state index < -0.39 is 11.4 Å². The lowest BCUT2D eigenvalue weighted by Gasteiger charge is -2.26. The lowest BCUT2D eigenvalue weighted by molar-refractivity contribution is 0.103. The maximum absolute atomic E-state index is 13.0. The largest absolute Gasteiger partial charge is 0.394 e. The molecule has 0 atom stereocenters. The van der Waals surface area contributed by atoms with Crippen molar-refractivity contribution in [3.63, 3.8) is 0 Å². The summed E-state index contributed by atoms with van der Waals surface area (Å²) in [6.07, 6.45) is 0. The second-order valence-electron chi connectivity index (χ2n) is 4.01. The summed E-state index contributed by atoms with van der Waals surface area (Å²) < 4.78 is 13.0. The Morgan fingerprint density at radius 1 is 1.31 bits per heavy atom. The summed E-state index contributed by atoms with van der Waals surface area (Å²) in [5.74, 6) is -0.404. The number of benzene rings is 1. The van der Waals surface area contributed by atoms with E-state index in [1.54, 1.807) is 13.0 Å². The number of aliphatic hydroxyl groups excluding tert-OH is 2. The van der Waals surface area contributed by atoms with E-state index in [2.05, 4.69) is 5.32 Å². The fourth-order valence-electron chi connectivity index (χ4n) is 1.19. The molecule has 1 aromatic rings. The number of aliphatic hydroxyl groups is 2. The molecule has 5 heteroatoms. The van der Waals surface area contributed by atoms with Gasteiger partial charge in [0, 0.05) is 11.6 Å². The maximum atomic E-state index is 13.0. The molecule has 0 aliphatic heterocycles. The third-order valence-corrected chi connectivity index (χ3v) is 2.56. The van der Waals surface area contributed by atoms with Crippen LogP contribution in [0.3, 0.4) is 0 Å². The average molecular weight is 248 g/mol. The van der Waals surface area contributed by atoms with Crippen molar-refractivity contribution in [1.29, 1.82) is 0 Å². The number of halogens is 2. The summed E-state index contributed by atoms with van der Waals surface area (Å²) in [6.45, 7) is 1.60. The van der Waals surface area contributed by atoms with Gasteiger partial charge >= 0.3 is 0 Å². The molecule has 3 N–H and O–H groups in total. The van der Waals surface area contributed by atoms with Crippen LogP contribution in [0.1, 0.15) is 12.5 Å². The lowest BCUT2D eigenvalue weighted by Crippen LogP contribution is -2.48. The smallest absolute Gasteiger partial charge is 0.125 e. The predicted molar refractivity (Wildman–Crippen MR) is 60.8 cm³/mol. The van der Waals surface area contributed by atoms with Crippen molar-refractivity contribution >= 4 is 11.6 Å². The van der Waals surface area contributed by atoms with E-state index in [4.69, 9.17) is 21.8 Å². The highest BCUT2D eigenvalue weighted by molar-refractivity contribution is 6.30. The average Bonchev–Trinajstić information content (AvgIpc) is 2.25. The van der Waals surface area contributed by atoms with Crippen LogP contribution in [0.2, 0.25) is 5.02 Å². The monoisotopic (exact) mass is 247 g/mol. The van der Waals surface area contributed by atoms with Crippen molar-refractivity contribution in [2.45, 2.75) is 19.0 Å². The van der Waals surface area contributed by atoms with Gasteiger partial charge in [0.1, 0.15) is 5.82 Å². The minimum absolute atomic E-state index is 0.202. The standard InChI is InChI=1S/C11H15ClFNO2/c1-11(6-15,7-16)14-5-8-2-9(12)4-10(13)3-8/h2-4,14-16H,5-7H2,1H3. The minimum atomic E-state index is -0.779. The van der Waals surface area contributed by atoms with Crippen LogP contribution in [0.15, 0.2) is 18.2 Å². The molecular weight excluding hydrogens is 233 g/mol. The Kier molecular flexibility index (Phi) is 4.68. The van der Waals surface area contributed by atoms with Gasteiger partial charge in [-0.1, -0.05) is 11.6 Å². The van der Waals surface area contributed by atoms with Gasteiger partial charge in [-0.25, -0.2) is 4.39 Å². The highest BCUT2D eigenvalue weighted by Crippen LogP contribution is 2.14. The Morgan fingerprint density at radius 2 is 1.94 bits per heavy atom. The number of nitrogens with one attached hydrogen (secondary N) is 1. The normalized spacial score (nSPS) is 11.8. The Bertz CT molecular complexity index is 336. The van der Waals surface area contributed by atoms with Crippen LogP contribution in [-0.4, -0.2) is 29.0 Å². The van der Waals surface area contributed by atoms with Crippen molar-refractivity contribution in [2.24, 2.45) is 0 Å². The highest BCUT2D eigenvalue weighted by atomic mass is 35.5. The first-order valence-electron chi connectivity index (χ1n) is 4.91. The van der Waals surface area contributed by atoms with Gasteiger partial charge in [0.15, 0.2) is 0 Å². The van der Waals surface area contributed by atoms with Crippen LogP contribution >= 0.6 is 11.6 Å². The van der Waals surface area contributed by atoms with E-state index in [-0.39, 0.29) is 13.2 Å². The molecule has 0 saturated heterocycles. The van der Waals surface area contributed by atoms with Gasteiger partial charge in [0.25, 0.3) is 0 Å². The van der Waals surface area contributed by atoms with E-state index in [1.807, 2.05) is 0 Å². The second-order valence-corrected chi connectivity index (χ2v) is 4.44. The molecule has 3 nitrogen and oxygen atoms in total. The van der Waals surface area contributed by atoms with Crippen LogP contribution in [0.5, 0.6) is 0 Å². The summed E-state index contributed by atoms with van der Waals surface area (Å²) in [6, 6.07) is 4.21. The molecule has 0 fully saturated rings. The first kappa shape index (κ1) is 13.4. The van der Waals surface area contributed by atoms with E-state index >= 15 is 0 Å². The first-order valence-corrected chi connectivity index (χ1v) is 5.28. The number of rotatable bonds is 5. The first-order chi connectivity index (χ1) is 7.49. The molecule has 0 aromatic heterocycles. The Morgan fingerprint density at radius 3 is 2.44 bits per heavy atom. The van der Waals surface area contributed by atoms with Crippen molar-refractivity contribution < 1.29 is 14.6 Å². The van der Waals surface area contributed by atoms with Crippen LogP contribution in [0, 0.1) is 5.82 Å². The summed E-state index contributed by atoms with van der Waals surface area (Å²) >= 11 is 5.70. The summed E-state index contributed by atoms with van der Waals surface area (Å²) in [4.78, 5) is 0. The van der Waals surface area contributed by atoms with Crippen molar-refractivity contribution in [1.82, 2.24) is 5.32 Å². The van der Waals surface area contributed by atoms with Crippen LogP contribution in [-0.2, 0) is 6.54 Å². The molecule has 16 heavy (non-hydrogen) atoms. The minimum Gasteiger partial charge on any atom is -0.394 e. The molecule has 0 radical (unpaired) electrons. The summed E-state index contributed by atoms with van der Waals surface area (Å²) in [5.41, 5.74) is -0.114. The zero-order chi connectivity index (χ0) is 12.2. The zero-order valence-electron chi connectivity index (χ0n) is 9.00. The van der Waals surface area contributed by atoms with E-state index in [9.17, 15) is 4.39 Å².